The molecule has 0 rings (SSSR count). The summed E-state index contributed by atoms with van der Waals surface area (Å²) < 4.78 is 34.2. The minimum absolute atomic E-state index is 0.00660. The van der Waals surface area contributed by atoms with Crippen LogP contribution in [0.25, 0.3) is 0 Å². The Labute approximate surface area is 310 Å². The first kappa shape index (κ1) is 48.2. The normalized spacial score (nSPS) is 15.2. The standard InChI is InChI=1S/C42H68NO7P/c1-6-8-10-12-14-16-18-20-21-22-24-26-28-30-32-34-37-47-39-41(40-49-51(45,46)48-38-36-43(3,4)5)50-42(44)35-33-31-29-27-25-23-19-17-15-13-11-9-7-2/h8-11,14-17,20-21,23-26,29-32,41H,6-7,12-13,18-19,22,27-28,33-40H2,1-5H3/b10-8-,11-9-,16-14-,17-15-,21-20-,25-23-,26-24-,31-29-,32-30-. The third-order valence-corrected chi connectivity index (χ3v) is 7.82. The van der Waals surface area contributed by atoms with Gasteiger partial charge in [0, 0.05) is 6.42 Å². The van der Waals surface area contributed by atoms with Crippen molar-refractivity contribution in [2.24, 2.45) is 0 Å². The molecule has 51 heavy (non-hydrogen) atoms. The van der Waals surface area contributed by atoms with Gasteiger partial charge < -0.3 is 27.9 Å². The van der Waals surface area contributed by atoms with Crippen LogP contribution in [0.5, 0.6) is 0 Å². The Bertz CT molecular complexity index is 1170. The van der Waals surface area contributed by atoms with Crippen molar-refractivity contribution in [1.82, 2.24) is 0 Å². The number of hydrogen-bond donors (Lipinski definition) is 0. The summed E-state index contributed by atoms with van der Waals surface area (Å²) in [4.78, 5) is 24.9. The highest BCUT2D eigenvalue weighted by molar-refractivity contribution is 7.45. The Morgan fingerprint density at radius 2 is 1.00 bits per heavy atom. The zero-order chi connectivity index (χ0) is 37.7. The third-order valence-electron chi connectivity index (χ3n) is 6.85. The lowest BCUT2D eigenvalue weighted by molar-refractivity contribution is -0.870. The second-order valence-electron chi connectivity index (χ2n) is 12.8. The summed E-state index contributed by atoms with van der Waals surface area (Å²) in [7, 11) is 1.24. The zero-order valence-electron chi connectivity index (χ0n) is 32.2. The maximum atomic E-state index is 12.6. The Morgan fingerprint density at radius 3 is 1.43 bits per heavy atom. The molecule has 0 aliphatic rings. The molecule has 2 atom stereocenters. The number of ether oxygens (including phenoxy) is 2. The fourth-order valence-electron chi connectivity index (χ4n) is 4.03. The topological polar surface area (TPSA) is 94.1 Å². The van der Waals surface area contributed by atoms with Crippen LogP contribution < -0.4 is 4.89 Å². The van der Waals surface area contributed by atoms with E-state index in [-0.39, 0.29) is 26.2 Å². The Balaban J connectivity index is 4.59. The van der Waals surface area contributed by atoms with Gasteiger partial charge in [-0.1, -0.05) is 123 Å². The first-order valence-corrected chi connectivity index (χ1v) is 20.1. The molecule has 0 fully saturated rings. The summed E-state index contributed by atoms with van der Waals surface area (Å²) in [6.45, 7) is 4.79. The molecule has 0 aliphatic heterocycles. The number of rotatable bonds is 32. The highest BCUT2D eigenvalue weighted by atomic mass is 31.2. The molecule has 0 bridgehead atoms. The van der Waals surface area contributed by atoms with Gasteiger partial charge in [-0.2, -0.15) is 0 Å². The van der Waals surface area contributed by atoms with Crippen molar-refractivity contribution in [2.75, 3.05) is 54.1 Å². The van der Waals surface area contributed by atoms with Crippen molar-refractivity contribution >= 4 is 13.8 Å². The van der Waals surface area contributed by atoms with Crippen LogP contribution in [0.3, 0.4) is 0 Å². The average Bonchev–Trinajstić information content (AvgIpc) is 3.08. The minimum Gasteiger partial charge on any atom is -0.756 e. The SMILES string of the molecule is CC/C=C\C/C=C\C/C=C\C/C=C\C/C=C\CCOCC(COP(=O)([O-])OCC[N+](C)(C)C)OC(=O)CC/C=C\C/C=C\C/C=C\C/C=C\CC. The Hall–Kier alpha value is -2.84. The van der Waals surface area contributed by atoms with Gasteiger partial charge in [-0.15, -0.1) is 0 Å². The monoisotopic (exact) mass is 729 g/mol. The van der Waals surface area contributed by atoms with Crippen LogP contribution in [0.15, 0.2) is 109 Å². The molecule has 2 unspecified atom stereocenters. The number of carbonyl (C=O) groups is 1. The van der Waals surface area contributed by atoms with E-state index in [0.29, 0.717) is 30.5 Å². The fourth-order valence-corrected chi connectivity index (χ4v) is 4.76. The van der Waals surface area contributed by atoms with Crippen molar-refractivity contribution in [3.05, 3.63) is 109 Å². The predicted octanol–water partition coefficient (Wildman–Crippen LogP) is 9.85. The lowest BCUT2D eigenvalue weighted by Gasteiger charge is -2.28. The van der Waals surface area contributed by atoms with Gasteiger partial charge in [0.1, 0.15) is 19.3 Å². The second kappa shape index (κ2) is 34.3. The summed E-state index contributed by atoms with van der Waals surface area (Å²) in [5.74, 6) is -0.445. The molecule has 0 amide bonds. The van der Waals surface area contributed by atoms with Gasteiger partial charge in [0.25, 0.3) is 7.82 Å². The van der Waals surface area contributed by atoms with Crippen molar-refractivity contribution in [3.63, 3.8) is 0 Å². The molecule has 0 spiro atoms. The van der Waals surface area contributed by atoms with E-state index in [9.17, 15) is 14.3 Å². The van der Waals surface area contributed by atoms with Gasteiger partial charge in [-0.05, 0) is 70.6 Å². The molecule has 0 aromatic heterocycles. The molecule has 0 aliphatic carbocycles. The number of likely N-dealkylation sites (N-methyl/N-ethyl adjacent to an activating group) is 1. The summed E-state index contributed by atoms with van der Waals surface area (Å²) >= 11 is 0. The van der Waals surface area contributed by atoms with Crippen LogP contribution in [-0.4, -0.2) is 70.7 Å². The maximum absolute atomic E-state index is 12.6. The predicted molar refractivity (Wildman–Crippen MR) is 212 cm³/mol. The van der Waals surface area contributed by atoms with Gasteiger partial charge in [0.05, 0.1) is 41.0 Å². The number of phosphoric acid groups is 1. The Morgan fingerprint density at radius 1 is 0.588 bits per heavy atom. The fraction of sp³-hybridized carbons (Fsp3) is 0.548. The van der Waals surface area contributed by atoms with Crippen LogP contribution in [0.2, 0.25) is 0 Å². The number of carbonyl (C=O) groups excluding carboxylic acids is 1. The molecular weight excluding hydrogens is 661 g/mol. The van der Waals surface area contributed by atoms with Crippen molar-refractivity contribution < 1.29 is 37.3 Å². The van der Waals surface area contributed by atoms with E-state index in [1.807, 2.05) is 39.4 Å². The average molecular weight is 730 g/mol. The van der Waals surface area contributed by atoms with E-state index >= 15 is 0 Å². The van der Waals surface area contributed by atoms with E-state index in [0.717, 1.165) is 57.8 Å². The highest BCUT2D eigenvalue weighted by Crippen LogP contribution is 2.38. The van der Waals surface area contributed by atoms with Crippen molar-refractivity contribution in [2.45, 2.75) is 97.0 Å². The molecule has 0 saturated carbocycles. The number of nitrogens with zero attached hydrogens (tertiary/aromatic N) is 1. The minimum atomic E-state index is -4.56. The quantitative estimate of drug-likeness (QED) is 0.0224. The van der Waals surface area contributed by atoms with Crippen molar-refractivity contribution in [3.8, 4) is 0 Å². The third kappa shape index (κ3) is 38.2. The zero-order valence-corrected chi connectivity index (χ0v) is 33.1. The van der Waals surface area contributed by atoms with Gasteiger partial charge in [0.15, 0.2) is 0 Å². The summed E-state index contributed by atoms with van der Waals surface area (Å²) in [6, 6.07) is 0. The molecule has 0 aromatic rings. The lowest BCUT2D eigenvalue weighted by Crippen LogP contribution is -2.37. The molecule has 0 radical (unpaired) electrons. The Kier molecular flexibility index (Phi) is 32.3. The highest BCUT2D eigenvalue weighted by Gasteiger charge is 2.20. The van der Waals surface area contributed by atoms with Gasteiger partial charge in [0.2, 0.25) is 0 Å². The smallest absolute Gasteiger partial charge is 0.306 e. The van der Waals surface area contributed by atoms with Crippen molar-refractivity contribution in [1.29, 1.82) is 0 Å². The van der Waals surface area contributed by atoms with Gasteiger partial charge >= 0.3 is 5.97 Å². The number of esters is 1. The molecule has 8 nitrogen and oxygen atoms in total. The van der Waals surface area contributed by atoms with Crippen LogP contribution in [-0.2, 0) is 27.9 Å². The molecule has 0 saturated heterocycles. The second-order valence-corrected chi connectivity index (χ2v) is 14.2. The molecule has 9 heteroatoms. The summed E-state index contributed by atoms with van der Waals surface area (Å²) in [6.07, 6.45) is 47.2. The first-order valence-electron chi connectivity index (χ1n) is 18.6. The van der Waals surface area contributed by atoms with E-state index in [1.54, 1.807) is 0 Å². The van der Waals surface area contributed by atoms with Gasteiger partial charge in [-0.25, -0.2) is 0 Å². The lowest BCUT2D eigenvalue weighted by atomic mass is 10.2. The van der Waals surface area contributed by atoms with E-state index in [2.05, 4.69) is 105 Å². The first-order chi connectivity index (χ1) is 24.6. The van der Waals surface area contributed by atoms with Crippen LogP contribution in [0.1, 0.15) is 90.9 Å². The van der Waals surface area contributed by atoms with E-state index in [4.69, 9.17) is 18.5 Å². The molecule has 0 heterocycles. The maximum Gasteiger partial charge on any atom is 0.306 e. The molecule has 288 valence electrons. The molecule has 0 aromatic carbocycles. The molecular formula is C42H68NO7P. The van der Waals surface area contributed by atoms with Crippen LogP contribution >= 0.6 is 7.82 Å². The summed E-state index contributed by atoms with van der Waals surface area (Å²) in [5.41, 5.74) is 0. The van der Waals surface area contributed by atoms with Crippen LogP contribution in [0, 0.1) is 0 Å². The number of allylic oxidation sites excluding steroid dienone is 17. The number of phosphoric ester groups is 1. The van der Waals surface area contributed by atoms with E-state index in [1.165, 1.54) is 0 Å². The number of quaternary nitrogens is 1. The largest absolute Gasteiger partial charge is 0.756 e. The van der Waals surface area contributed by atoms with Gasteiger partial charge in [-0.3, -0.25) is 9.36 Å². The van der Waals surface area contributed by atoms with Crippen LogP contribution in [0.4, 0.5) is 0 Å². The van der Waals surface area contributed by atoms with E-state index < -0.39 is 19.9 Å². The molecule has 0 N–H and O–H groups in total. The summed E-state index contributed by atoms with van der Waals surface area (Å²) in [5, 5.41) is 0. The number of hydrogen-bond acceptors (Lipinski definition) is 7.